The Labute approximate surface area is 193 Å². The van der Waals surface area contributed by atoms with Crippen molar-refractivity contribution in [3.8, 4) is 28.3 Å². The van der Waals surface area contributed by atoms with Gasteiger partial charge in [0.05, 0.1) is 17.6 Å². The van der Waals surface area contributed by atoms with Crippen molar-refractivity contribution in [3.63, 3.8) is 0 Å². The first-order chi connectivity index (χ1) is 16.3. The number of pyridine rings is 2. The molecule has 7 nitrogen and oxygen atoms in total. The van der Waals surface area contributed by atoms with Gasteiger partial charge in [-0.1, -0.05) is 18.6 Å². The number of rotatable bonds is 8. The lowest BCUT2D eigenvalue weighted by Gasteiger charge is -2.26. The second-order valence-corrected chi connectivity index (χ2v) is 8.21. The third-order valence-electron chi connectivity index (χ3n) is 5.86. The van der Waals surface area contributed by atoms with Crippen LogP contribution in [0, 0.1) is 0 Å². The van der Waals surface area contributed by atoms with Crippen LogP contribution in [-0.2, 0) is 0 Å². The van der Waals surface area contributed by atoms with E-state index in [0.29, 0.717) is 6.61 Å². The summed E-state index contributed by atoms with van der Waals surface area (Å²) in [7, 11) is 0. The third kappa shape index (κ3) is 5.38. The van der Waals surface area contributed by atoms with Gasteiger partial charge in [0.1, 0.15) is 18.2 Å². The summed E-state index contributed by atoms with van der Waals surface area (Å²) in [4.78, 5) is 11.4. The molecule has 0 unspecified atom stereocenters. The van der Waals surface area contributed by atoms with Gasteiger partial charge in [0, 0.05) is 36.3 Å². The second-order valence-electron chi connectivity index (χ2n) is 8.21. The molecule has 33 heavy (non-hydrogen) atoms. The maximum Gasteiger partial charge on any atom is 0.130 e. The van der Waals surface area contributed by atoms with Crippen LogP contribution in [0.1, 0.15) is 19.3 Å². The van der Waals surface area contributed by atoms with Crippen LogP contribution in [0.4, 0.5) is 11.5 Å². The number of anilines is 2. The number of aromatic nitrogens is 4. The molecule has 1 aliphatic heterocycles. The Hall–Kier alpha value is -3.71. The number of nitrogens with zero attached hydrogens (tertiary/aromatic N) is 4. The fourth-order valence-corrected chi connectivity index (χ4v) is 4.16. The van der Waals surface area contributed by atoms with E-state index >= 15 is 0 Å². The predicted molar refractivity (Wildman–Crippen MR) is 131 cm³/mol. The van der Waals surface area contributed by atoms with E-state index in [9.17, 15) is 0 Å². The zero-order chi connectivity index (χ0) is 22.3. The van der Waals surface area contributed by atoms with Crippen molar-refractivity contribution in [2.24, 2.45) is 0 Å². The zero-order valence-corrected chi connectivity index (χ0v) is 18.6. The summed E-state index contributed by atoms with van der Waals surface area (Å²) < 4.78 is 6.01. The molecule has 0 aliphatic carbocycles. The Morgan fingerprint density at radius 1 is 0.939 bits per heavy atom. The first-order valence-electron chi connectivity index (χ1n) is 11.5. The van der Waals surface area contributed by atoms with E-state index in [0.717, 1.165) is 46.3 Å². The Balaban J connectivity index is 1.26. The summed E-state index contributed by atoms with van der Waals surface area (Å²) >= 11 is 0. The Bertz CT molecular complexity index is 1170. The van der Waals surface area contributed by atoms with E-state index in [4.69, 9.17) is 4.74 Å². The molecular weight excluding hydrogens is 412 g/mol. The lowest BCUT2D eigenvalue weighted by atomic mass is 10.1. The number of likely N-dealkylation sites (tertiary alicyclic amines) is 1. The standard InChI is InChI=1S/C26H28N6O/c1-4-13-32(14-5-1)15-16-33-22-8-6-7-21(18-22)30-25-17-20(10-12-28-25)23-19-29-31-26(23)24-9-2-3-11-27-24/h2-3,6-12,17-19H,1,4-5,13-16H2,(H,28,30)(H,29,31). The molecule has 0 radical (unpaired) electrons. The topological polar surface area (TPSA) is 79.0 Å². The van der Waals surface area contributed by atoms with Gasteiger partial charge in [-0.15, -0.1) is 0 Å². The van der Waals surface area contributed by atoms with E-state index in [-0.39, 0.29) is 0 Å². The van der Waals surface area contributed by atoms with Gasteiger partial charge >= 0.3 is 0 Å². The number of hydrogen-bond acceptors (Lipinski definition) is 6. The summed E-state index contributed by atoms with van der Waals surface area (Å²) in [5.74, 6) is 1.62. The van der Waals surface area contributed by atoms with E-state index in [1.54, 1.807) is 12.4 Å². The molecule has 7 heteroatoms. The summed E-state index contributed by atoms with van der Waals surface area (Å²) in [5.41, 5.74) is 4.67. The van der Waals surface area contributed by atoms with Crippen LogP contribution < -0.4 is 10.1 Å². The fourth-order valence-electron chi connectivity index (χ4n) is 4.16. The molecule has 0 amide bonds. The summed E-state index contributed by atoms with van der Waals surface area (Å²) in [6, 6.07) is 17.9. The average molecular weight is 441 g/mol. The van der Waals surface area contributed by atoms with Crippen molar-refractivity contribution in [1.82, 2.24) is 25.1 Å². The van der Waals surface area contributed by atoms with Crippen LogP contribution >= 0.6 is 0 Å². The molecule has 4 aromatic rings. The van der Waals surface area contributed by atoms with Crippen molar-refractivity contribution in [2.75, 3.05) is 31.6 Å². The van der Waals surface area contributed by atoms with Crippen LogP contribution in [0.15, 0.2) is 73.2 Å². The second kappa shape index (κ2) is 10.3. The van der Waals surface area contributed by atoms with E-state index in [1.165, 1.54) is 32.4 Å². The SMILES string of the molecule is c1ccc(-c2[nH]ncc2-c2ccnc(Nc3cccc(OCCN4CCCCC4)c3)c2)nc1. The highest BCUT2D eigenvalue weighted by Gasteiger charge is 2.12. The number of H-pyrrole nitrogens is 1. The number of benzene rings is 1. The van der Waals surface area contributed by atoms with Gasteiger partial charge in [-0.3, -0.25) is 15.0 Å². The summed E-state index contributed by atoms with van der Waals surface area (Å²) in [6.45, 7) is 4.05. The van der Waals surface area contributed by atoms with Gasteiger partial charge in [-0.25, -0.2) is 4.98 Å². The molecule has 1 aromatic carbocycles. The fraction of sp³-hybridized carbons (Fsp3) is 0.269. The number of ether oxygens (including phenoxy) is 1. The number of hydrogen-bond donors (Lipinski definition) is 2. The quantitative estimate of drug-likeness (QED) is 0.395. The molecule has 3 aromatic heterocycles. The first kappa shape index (κ1) is 21.2. The van der Waals surface area contributed by atoms with E-state index < -0.39 is 0 Å². The molecule has 2 N–H and O–H groups in total. The molecule has 4 heterocycles. The van der Waals surface area contributed by atoms with Crippen LogP contribution in [0.3, 0.4) is 0 Å². The van der Waals surface area contributed by atoms with E-state index in [2.05, 4.69) is 30.4 Å². The molecule has 1 saturated heterocycles. The van der Waals surface area contributed by atoms with Crippen LogP contribution in [0.25, 0.3) is 22.5 Å². The van der Waals surface area contributed by atoms with Crippen molar-refractivity contribution < 1.29 is 4.74 Å². The highest BCUT2D eigenvalue weighted by Crippen LogP contribution is 2.30. The highest BCUT2D eigenvalue weighted by atomic mass is 16.5. The first-order valence-corrected chi connectivity index (χ1v) is 11.5. The Kier molecular flexibility index (Phi) is 6.58. The largest absolute Gasteiger partial charge is 0.492 e. The number of aromatic amines is 1. The summed E-state index contributed by atoms with van der Waals surface area (Å²) in [6.07, 6.45) is 9.35. The minimum atomic E-state index is 0.702. The van der Waals surface area contributed by atoms with Crippen LogP contribution in [0.5, 0.6) is 5.75 Å². The van der Waals surface area contributed by atoms with Gasteiger partial charge in [0.15, 0.2) is 0 Å². The monoisotopic (exact) mass is 440 g/mol. The lowest BCUT2D eigenvalue weighted by Crippen LogP contribution is -2.33. The zero-order valence-electron chi connectivity index (χ0n) is 18.6. The Morgan fingerprint density at radius 3 is 2.76 bits per heavy atom. The minimum Gasteiger partial charge on any atom is -0.492 e. The van der Waals surface area contributed by atoms with E-state index in [1.807, 2.05) is 60.8 Å². The van der Waals surface area contributed by atoms with Crippen LogP contribution in [0.2, 0.25) is 0 Å². The number of nitrogens with one attached hydrogen (secondary N) is 2. The molecule has 0 spiro atoms. The maximum absolute atomic E-state index is 6.01. The van der Waals surface area contributed by atoms with Crippen molar-refractivity contribution in [3.05, 3.63) is 73.2 Å². The minimum absolute atomic E-state index is 0.702. The summed E-state index contributed by atoms with van der Waals surface area (Å²) in [5, 5.41) is 10.7. The van der Waals surface area contributed by atoms with Gasteiger partial charge in [-0.2, -0.15) is 5.10 Å². The molecule has 1 fully saturated rings. The van der Waals surface area contributed by atoms with Gasteiger partial charge in [-0.05, 0) is 67.9 Å². The van der Waals surface area contributed by atoms with Gasteiger partial charge in [0.25, 0.3) is 0 Å². The molecular formula is C26H28N6O. The van der Waals surface area contributed by atoms with Crippen LogP contribution in [-0.4, -0.2) is 51.3 Å². The van der Waals surface area contributed by atoms with Crippen molar-refractivity contribution >= 4 is 11.5 Å². The molecule has 168 valence electrons. The Morgan fingerprint density at radius 2 is 1.88 bits per heavy atom. The maximum atomic E-state index is 6.01. The van der Waals surface area contributed by atoms with Gasteiger partial charge < -0.3 is 10.1 Å². The molecule has 0 saturated carbocycles. The molecule has 0 atom stereocenters. The third-order valence-corrected chi connectivity index (χ3v) is 5.86. The molecule has 5 rings (SSSR count). The van der Waals surface area contributed by atoms with Crippen molar-refractivity contribution in [2.45, 2.75) is 19.3 Å². The highest BCUT2D eigenvalue weighted by molar-refractivity contribution is 5.80. The predicted octanol–water partition coefficient (Wildman–Crippen LogP) is 5.14. The lowest BCUT2D eigenvalue weighted by molar-refractivity contribution is 0.183. The van der Waals surface area contributed by atoms with Gasteiger partial charge in [0.2, 0.25) is 0 Å². The molecule has 0 bridgehead atoms. The average Bonchev–Trinajstić information content (AvgIpc) is 3.36. The molecule has 1 aliphatic rings. The van der Waals surface area contributed by atoms with Crippen molar-refractivity contribution in [1.29, 1.82) is 0 Å². The number of piperidine rings is 1. The normalized spacial score (nSPS) is 14.2. The smallest absolute Gasteiger partial charge is 0.130 e.